The van der Waals surface area contributed by atoms with Crippen LogP contribution in [-0.4, -0.2) is 34.3 Å². The van der Waals surface area contributed by atoms with Gasteiger partial charge in [-0.3, -0.25) is 0 Å². The van der Waals surface area contributed by atoms with Crippen LogP contribution in [0, 0.1) is 0 Å². The lowest BCUT2D eigenvalue weighted by Gasteiger charge is -2.21. The Kier molecular flexibility index (Phi) is 4.19. The van der Waals surface area contributed by atoms with Gasteiger partial charge >= 0.3 is 10.1 Å². The van der Waals surface area contributed by atoms with Crippen molar-refractivity contribution in [2.75, 3.05) is 17.8 Å². The van der Waals surface area contributed by atoms with E-state index >= 15 is 0 Å². The normalized spacial score (nSPS) is 21.1. The van der Waals surface area contributed by atoms with Crippen molar-refractivity contribution in [3.63, 3.8) is 0 Å². The highest BCUT2D eigenvalue weighted by atomic mass is 32.2. The Hall–Kier alpha value is -2.13. The van der Waals surface area contributed by atoms with Crippen molar-refractivity contribution in [3.05, 3.63) is 41.6 Å². The third kappa shape index (κ3) is 3.53. The van der Waals surface area contributed by atoms with Crippen LogP contribution in [0.1, 0.15) is 42.2 Å². The van der Waals surface area contributed by atoms with Crippen LogP contribution in [0.2, 0.25) is 0 Å². The highest BCUT2D eigenvalue weighted by molar-refractivity contribution is 7.90. The van der Waals surface area contributed by atoms with Crippen LogP contribution in [0.3, 0.4) is 0 Å². The van der Waals surface area contributed by atoms with Gasteiger partial charge in [0.1, 0.15) is 0 Å². The van der Waals surface area contributed by atoms with E-state index < -0.39 is 20.0 Å². The number of pyridine rings is 1. The molecule has 2 aliphatic rings. The van der Waals surface area contributed by atoms with E-state index in [0.29, 0.717) is 11.6 Å². The van der Waals surface area contributed by atoms with Crippen LogP contribution >= 0.6 is 0 Å². The number of nitrogens with one attached hydrogen (secondary N) is 1. The summed E-state index contributed by atoms with van der Waals surface area (Å²) in [6.45, 7) is 0. The number of benzene rings is 1. The van der Waals surface area contributed by atoms with Gasteiger partial charge in [-0.25, -0.2) is 13.4 Å². The molecule has 27 heavy (non-hydrogen) atoms. The molecule has 1 saturated carbocycles. The Morgan fingerprint density at radius 3 is 2.44 bits per heavy atom. The number of aromatic nitrogens is 1. The van der Waals surface area contributed by atoms with Crippen molar-refractivity contribution in [1.29, 1.82) is 0 Å². The highest BCUT2D eigenvalue weighted by Gasteiger charge is 2.42. The Labute approximate surface area is 158 Å². The van der Waals surface area contributed by atoms with Crippen LogP contribution in [0.4, 0.5) is 11.4 Å². The Bertz CT molecular complexity index is 1130. The predicted molar refractivity (Wildman–Crippen MR) is 102 cm³/mol. The number of sulfone groups is 1. The second-order valence-corrected chi connectivity index (χ2v) is 10.8. The summed E-state index contributed by atoms with van der Waals surface area (Å²) in [5, 5.41) is 3.26. The molecule has 1 aromatic carbocycles. The maximum absolute atomic E-state index is 11.8. The van der Waals surface area contributed by atoms with E-state index in [-0.39, 0.29) is 16.7 Å². The summed E-state index contributed by atoms with van der Waals surface area (Å²) in [4.78, 5) is 4.47. The molecule has 2 aliphatic carbocycles. The van der Waals surface area contributed by atoms with Crippen molar-refractivity contribution in [2.45, 2.75) is 36.0 Å². The second-order valence-electron chi connectivity index (χ2n) is 7.22. The van der Waals surface area contributed by atoms with E-state index in [0.717, 1.165) is 42.3 Å². The molecular weight excluding hydrogens is 388 g/mol. The molecule has 1 N–H and O–H groups in total. The number of nitrogens with zero attached hydrogens (tertiary/aromatic N) is 1. The van der Waals surface area contributed by atoms with Gasteiger partial charge in [0.15, 0.2) is 9.84 Å². The van der Waals surface area contributed by atoms with Gasteiger partial charge in [0.2, 0.25) is 5.88 Å². The van der Waals surface area contributed by atoms with Gasteiger partial charge in [0, 0.05) is 17.5 Å². The topological polar surface area (TPSA) is 102 Å². The first kappa shape index (κ1) is 18.2. The van der Waals surface area contributed by atoms with E-state index in [1.54, 1.807) is 30.5 Å². The molecule has 1 aromatic heterocycles. The Balaban J connectivity index is 1.76. The summed E-state index contributed by atoms with van der Waals surface area (Å²) in [5.41, 5.74) is 3.30. The van der Waals surface area contributed by atoms with Crippen molar-refractivity contribution in [2.24, 2.45) is 0 Å². The minimum absolute atomic E-state index is 0.162. The third-order valence-electron chi connectivity index (χ3n) is 5.14. The zero-order chi connectivity index (χ0) is 19.4. The molecule has 0 amide bonds. The van der Waals surface area contributed by atoms with E-state index in [1.165, 1.54) is 6.26 Å². The molecule has 2 bridgehead atoms. The van der Waals surface area contributed by atoms with E-state index in [1.807, 2.05) is 0 Å². The molecule has 1 heterocycles. The lowest BCUT2D eigenvalue weighted by atomic mass is 9.91. The van der Waals surface area contributed by atoms with Gasteiger partial charge in [-0.1, -0.05) is 6.07 Å². The summed E-state index contributed by atoms with van der Waals surface area (Å²) in [6, 6.07) is 6.60. The van der Waals surface area contributed by atoms with Crippen molar-refractivity contribution in [1.82, 2.24) is 4.98 Å². The van der Waals surface area contributed by atoms with Crippen LogP contribution in [0.5, 0.6) is 5.88 Å². The van der Waals surface area contributed by atoms with E-state index in [9.17, 15) is 16.8 Å². The molecule has 2 unspecified atom stereocenters. The molecular formula is C18H20N2O5S2. The van der Waals surface area contributed by atoms with Gasteiger partial charge < -0.3 is 9.50 Å². The summed E-state index contributed by atoms with van der Waals surface area (Å²) in [6.07, 6.45) is 6.73. The first-order valence-corrected chi connectivity index (χ1v) is 12.3. The summed E-state index contributed by atoms with van der Waals surface area (Å²) < 4.78 is 51.9. The van der Waals surface area contributed by atoms with Crippen LogP contribution in [0.15, 0.2) is 35.4 Å². The van der Waals surface area contributed by atoms with Gasteiger partial charge in [-0.2, -0.15) is 8.42 Å². The molecule has 1 fully saturated rings. The second kappa shape index (κ2) is 6.20. The molecule has 9 heteroatoms. The monoisotopic (exact) mass is 408 g/mol. The maximum Gasteiger partial charge on any atom is 0.307 e. The zero-order valence-electron chi connectivity index (χ0n) is 15.0. The summed E-state index contributed by atoms with van der Waals surface area (Å²) in [5.74, 6) is 0.740. The number of rotatable bonds is 5. The Morgan fingerprint density at radius 2 is 1.78 bits per heavy atom. The van der Waals surface area contributed by atoms with Crippen molar-refractivity contribution in [3.8, 4) is 5.88 Å². The van der Waals surface area contributed by atoms with Crippen LogP contribution in [-0.2, 0) is 20.0 Å². The fourth-order valence-electron chi connectivity index (χ4n) is 4.13. The lowest BCUT2D eigenvalue weighted by Crippen LogP contribution is -2.12. The van der Waals surface area contributed by atoms with Crippen LogP contribution < -0.4 is 9.50 Å². The number of fused-ring (bicyclic) bond motifs is 5. The summed E-state index contributed by atoms with van der Waals surface area (Å²) in [7, 11) is -6.97. The molecule has 0 radical (unpaired) electrons. The van der Waals surface area contributed by atoms with Crippen LogP contribution in [0.25, 0.3) is 0 Å². The van der Waals surface area contributed by atoms with Crippen molar-refractivity contribution < 1.29 is 21.0 Å². The quantitative estimate of drug-likeness (QED) is 0.759. The predicted octanol–water partition coefficient (Wildman–Crippen LogP) is 2.93. The average Bonchev–Trinajstić information content (AvgIpc) is 3.17. The molecule has 0 aliphatic heterocycles. The fourth-order valence-corrected chi connectivity index (χ4v) is 5.22. The fraction of sp³-hybridized carbons (Fsp3) is 0.389. The van der Waals surface area contributed by atoms with E-state index in [4.69, 9.17) is 4.18 Å². The summed E-state index contributed by atoms with van der Waals surface area (Å²) >= 11 is 0. The Morgan fingerprint density at radius 1 is 1.07 bits per heavy atom. The van der Waals surface area contributed by atoms with Gasteiger partial charge in [-0.05, 0) is 54.9 Å². The molecule has 144 valence electrons. The van der Waals surface area contributed by atoms with Gasteiger partial charge in [-0.15, -0.1) is 0 Å². The number of hydrogen-bond acceptors (Lipinski definition) is 7. The standard InChI is InChI=1S/C18H20N2O5S2/c1-26(21,22)14-5-3-4-13(9-14)20-15-10-19-18(25-27(2,23)24)17-12-7-6-11(8-12)16(15)17/h3-5,9-12,20H,6-8H2,1-2H3. The van der Waals surface area contributed by atoms with Gasteiger partial charge in [0.25, 0.3) is 0 Å². The highest BCUT2D eigenvalue weighted by Crippen LogP contribution is 2.57. The maximum atomic E-state index is 11.8. The minimum atomic E-state index is -3.66. The molecule has 7 nitrogen and oxygen atoms in total. The SMILES string of the molecule is CS(=O)(=O)Oc1ncc(Nc2cccc(S(C)(=O)=O)c2)c2c1C1CCC2C1. The molecule has 2 atom stereocenters. The zero-order valence-corrected chi connectivity index (χ0v) is 16.6. The largest absolute Gasteiger partial charge is 0.361 e. The van der Waals surface area contributed by atoms with E-state index in [2.05, 4.69) is 10.3 Å². The third-order valence-corrected chi connectivity index (χ3v) is 6.71. The molecule has 2 aromatic rings. The average molecular weight is 409 g/mol. The molecule has 4 rings (SSSR count). The first-order valence-electron chi connectivity index (χ1n) is 8.61. The molecule has 0 saturated heterocycles. The number of hydrogen-bond donors (Lipinski definition) is 1. The lowest BCUT2D eigenvalue weighted by molar-refractivity contribution is 0.474. The smallest absolute Gasteiger partial charge is 0.307 e. The molecule has 0 spiro atoms. The number of anilines is 2. The van der Waals surface area contributed by atoms with Gasteiger partial charge in [0.05, 0.1) is 23.0 Å². The van der Waals surface area contributed by atoms with Crippen molar-refractivity contribution >= 4 is 31.3 Å². The minimum Gasteiger partial charge on any atom is -0.361 e. The first-order chi connectivity index (χ1) is 12.6.